The molecule has 3 heterocycles. The van der Waals surface area contributed by atoms with Crippen LogP contribution in [0.25, 0.3) is 16.9 Å². The van der Waals surface area contributed by atoms with E-state index >= 15 is 0 Å². The van der Waals surface area contributed by atoms with Crippen molar-refractivity contribution in [1.29, 1.82) is 0 Å². The van der Waals surface area contributed by atoms with Crippen LogP contribution in [0, 0.1) is 0 Å². The molecule has 34 heavy (non-hydrogen) atoms. The molecule has 5 aromatic rings. The first-order chi connectivity index (χ1) is 16.7. The topological polar surface area (TPSA) is 76.8 Å². The second-order valence-corrected chi connectivity index (χ2v) is 7.92. The van der Waals surface area contributed by atoms with Crippen molar-refractivity contribution >= 4 is 17.5 Å². The number of imide groups is 1. The lowest BCUT2D eigenvalue weighted by atomic mass is 10.1. The van der Waals surface area contributed by atoms with Gasteiger partial charge in [0, 0.05) is 17.8 Å². The molecule has 0 unspecified atom stereocenters. The number of hydrogen-bond acceptors (Lipinski definition) is 5. The van der Waals surface area contributed by atoms with Crippen molar-refractivity contribution in [3.05, 3.63) is 114 Å². The Kier molecular flexibility index (Phi) is 4.66. The fraction of sp³-hybridized carbons (Fsp3) is 0.0370. The van der Waals surface area contributed by atoms with Crippen LogP contribution in [0.2, 0.25) is 0 Å². The summed E-state index contributed by atoms with van der Waals surface area (Å²) in [5, 5.41) is 4.70. The zero-order chi connectivity index (χ0) is 23.1. The summed E-state index contributed by atoms with van der Waals surface area (Å²) in [6, 6.07) is 27.7. The van der Waals surface area contributed by atoms with Crippen LogP contribution in [0.5, 0.6) is 11.5 Å². The highest BCUT2D eigenvalue weighted by atomic mass is 16.5. The van der Waals surface area contributed by atoms with Crippen LogP contribution in [-0.2, 0) is 6.54 Å². The maximum atomic E-state index is 12.8. The van der Waals surface area contributed by atoms with Gasteiger partial charge in [0.05, 0.1) is 29.1 Å². The Balaban J connectivity index is 1.28. The van der Waals surface area contributed by atoms with Gasteiger partial charge in [0.25, 0.3) is 11.8 Å². The summed E-state index contributed by atoms with van der Waals surface area (Å²) < 4.78 is 7.53. The van der Waals surface area contributed by atoms with Crippen LogP contribution in [0.4, 0.5) is 0 Å². The molecule has 0 spiro atoms. The van der Waals surface area contributed by atoms with Gasteiger partial charge in [-0.3, -0.25) is 14.5 Å². The minimum atomic E-state index is -0.299. The number of rotatable bonds is 5. The molecular weight excluding hydrogens is 428 g/mol. The largest absolute Gasteiger partial charge is 0.457 e. The van der Waals surface area contributed by atoms with E-state index in [0.717, 1.165) is 22.8 Å². The molecule has 1 aliphatic rings. The predicted molar refractivity (Wildman–Crippen MR) is 126 cm³/mol. The summed E-state index contributed by atoms with van der Waals surface area (Å²) in [6.07, 6.45) is 1.66. The predicted octanol–water partition coefficient (Wildman–Crippen LogP) is 4.98. The van der Waals surface area contributed by atoms with E-state index in [1.54, 1.807) is 41.0 Å². The summed E-state index contributed by atoms with van der Waals surface area (Å²) in [5.41, 5.74) is 3.81. The lowest BCUT2D eigenvalue weighted by Crippen LogP contribution is -2.30. The molecule has 0 saturated carbocycles. The number of aromatic nitrogens is 3. The first-order valence-electron chi connectivity index (χ1n) is 10.8. The number of carbonyl (C=O) groups is 2. The summed E-state index contributed by atoms with van der Waals surface area (Å²) in [4.78, 5) is 31.2. The number of carbonyl (C=O) groups excluding carboxylic acids is 2. The van der Waals surface area contributed by atoms with E-state index in [4.69, 9.17) is 9.84 Å². The highest BCUT2D eigenvalue weighted by Crippen LogP contribution is 2.27. The number of amides is 2. The molecule has 0 bridgehead atoms. The van der Waals surface area contributed by atoms with Crippen molar-refractivity contribution in [3.63, 3.8) is 0 Å². The smallest absolute Gasteiger partial charge is 0.261 e. The Morgan fingerprint density at radius 2 is 1.38 bits per heavy atom. The van der Waals surface area contributed by atoms with E-state index in [-0.39, 0.29) is 18.4 Å². The zero-order valence-electron chi connectivity index (χ0n) is 18.0. The van der Waals surface area contributed by atoms with Gasteiger partial charge in [-0.05, 0) is 54.6 Å². The van der Waals surface area contributed by atoms with Crippen molar-refractivity contribution in [2.45, 2.75) is 6.54 Å². The zero-order valence-corrected chi connectivity index (χ0v) is 18.0. The molecule has 0 saturated heterocycles. The van der Waals surface area contributed by atoms with Gasteiger partial charge < -0.3 is 4.74 Å². The standard InChI is InChI=1S/C27H18N4O3/c32-26-22-8-4-5-9-23(22)27(33)30(26)17-19-14-15-28-25-16-24(29-31(19)25)18-10-12-21(13-11-18)34-20-6-2-1-3-7-20/h1-16H,17H2. The number of benzene rings is 3. The van der Waals surface area contributed by atoms with Crippen LogP contribution >= 0.6 is 0 Å². The Morgan fingerprint density at radius 3 is 2.09 bits per heavy atom. The Morgan fingerprint density at radius 1 is 0.735 bits per heavy atom. The van der Waals surface area contributed by atoms with Gasteiger partial charge in [0.1, 0.15) is 11.5 Å². The SMILES string of the molecule is O=C1c2ccccc2C(=O)N1Cc1ccnc2cc(-c3ccc(Oc4ccccc4)cc3)nn12. The maximum Gasteiger partial charge on any atom is 0.261 e. The van der Waals surface area contributed by atoms with Crippen LogP contribution < -0.4 is 4.74 Å². The van der Waals surface area contributed by atoms with Crippen LogP contribution in [0.15, 0.2) is 97.2 Å². The third-order valence-electron chi connectivity index (χ3n) is 5.76. The third kappa shape index (κ3) is 3.40. The molecule has 7 nitrogen and oxygen atoms in total. The summed E-state index contributed by atoms with van der Waals surface area (Å²) in [7, 11) is 0. The van der Waals surface area contributed by atoms with Gasteiger partial charge in [-0.2, -0.15) is 5.10 Å². The van der Waals surface area contributed by atoms with Gasteiger partial charge >= 0.3 is 0 Å². The van der Waals surface area contributed by atoms with Crippen LogP contribution in [-0.4, -0.2) is 31.3 Å². The lowest BCUT2D eigenvalue weighted by Gasteiger charge is -2.14. The average molecular weight is 446 g/mol. The molecule has 2 aromatic heterocycles. The van der Waals surface area contributed by atoms with Gasteiger partial charge in [-0.25, -0.2) is 9.50 Å². The second kappa shape index (κ2) is 7.97. The van der Waals surface area contributed by atoms with Crippen LogP contribution in [0.3, 0.4) is 0 Å². The fourth-order valence-electron chi connectivity index (χ4n) is 4.07. The molecule has 0 atom stereocenters. The van der Waals surface area contributed by atoms with E-state index in [2.05, 4.69) is 4.98 Å². The Labute approximate surface area is 194 Å². The van der Waals surface area contributed by atoms with Crippen LogP contribution in [0.1, 0.15) is 26.4 Å². The monoisotopic (exact) mass is 446 g/mol. The number of hydrogen-bond donors (Lipinski definition) is 0. The van der Waals surface area contributed by atoms with E-state index < -0.39 is 0 Å². The number of ether oxygens (including phenoxy) is 1. The molecule has 3 aromatic carbocycles. The number of nitrogens with zero attached hydrogens (tertiary/aromatic N) is 4. The normalized spacial score (nSPS) is 12.9. The number of fused-ring (bicyclic) bond motifs is 2. The molecule has 164 valence electrons. The molecule has 1 aliphatic heterocycles. The van der Waals surface area contributed by atoms with E-state index in [9.17, 15) is 9.59 Å². The third-order valence-corrected chi connectivity index (χ3v) is 5.76. The summed E-state index contributed by atoms with van der Waals surface area (Å²) >= 11 is 0. The minimum absolute atomic E-state index is 0.107. The highest BCUT2D eigenvalue weighted by molar-refractivity contribution is 6.21. The first-order valence-corrected chi connectivity index (χ1v) is 10.8. The van der Waals surface area contributed by atoms with Gasteiger partial charge in [0.15, 0.2) is 5.65 Å². The molecule has 0 radical (unpaired) electrons. The quantitative estimate of drug-likeness (QED) is 0.356. The fourth-order valence-corrected chi connectivity index (χ4v) is 4.07. The highest BCUT2D eigenvalue weighted by Gasteiger charge is 2.35. The van der Waals surface area contributed by atoms with E-state index in [1.807, 2.05) is 60.7 Å². The van der Waals surface area contributed by atoms with Crippen molar-refractivity contribution in [2.75, 3.05) is 0 Å². The molecule has 0 fully saturated rings. The molecule has 7 heteroatoms. The summed E-state index contributed by atoms with van der Waals surface area (Å²) in [5.74, 6) is 0.895. The molecule has 0 aliphatic carbocycles. The average Bonchev–Trinajstić information content (AvgIpc) is 3.42. The Hall–Kier alpha value is -4.78. The minimum Gasteiger partial charge on any atom is -0.457 e. The van der Waals surface area contributed by atoms with Gasteiger partial charge in [-0.15, -0.1) is 0 Å². The van der Waals surface area contributed by atoms with Crippen molar-refractivity contribution < 1.29 is 14.3 Å². The number of para-hydroxylation sites is 1. The Bertz CT molecular complexity index is 1510. The first kappa shape index (κ1) is 19.9. The van der Waals surface area contributed by atoms with E-state index in [1.165, 1.54) is 4.90 Å². The van der Waals surface area contributed by atoms with E-state index in [0.29, 0.717) is 22.5 Å². The molecule has 2 amide bonds. The maximum absolute atomic E-state index is 12.8. The molecule has 6 rings (SSSR count). The second-order valence-electron chi connectivity index (χ2n) is 7.92. The van der Waals surface area contributed by atoms with Gasteiger partial charge in [0.2, 0.25) is 0 Å². The van der Waals surface area contributed by atoms with Gasteiger partial charge in [-0.1, -0.05) is 30.3 Å². The van der Waals surface area contributed by atoms with Crippen molar-refractivity contribution in [3.8, 4) is 22.8 Å². The molecule has 0 N–H and O–H groups in total. The van der Waals surface area contributed by atoms with Crippen molar-refractivity contribution in [1.82, 2.24) is 19.5 Å². The summed E-state index contributed by atoms with van der Waals surface area (Å²) in [6.45, 7) is 0.107. The van der Waals surface area contributed by atoms with Crippen molar-refractivity contribution in [2.24, 2.45) is 0 Å². The molecular formula is C27H18N4O3. The lowest BCUT2D eigenvalue weighted by molar-refractivity contribution is 0.0639.